The van der Waals surface area contributed by atoms with Crippen LogP contribution in [0.5, 0.6) is 0 Å². The second kappa shape index (κ2) is 13.6. The standard InChI is InChI=1S/C35H38N6O3/c1-5-41(6-2)18-8-9-24-12-15-27(16-13-24)36-22-30-29-17-14-26(21-31(29)38-34(30)43)33(42)25-10-7-11-28(20-25)37-35(44)32-19-23(3)39-40(32)4/h7,10-17,19-22,30H,5-6,8-9,18H2,1-4H3,(H,37,44)(H,38,43). The van der Waals surface area contributed by atoms with E-state index in [0.717, 1.165) is 49.4 Å². The molecular formula is C35H38N6O3. The molecule has 0 aliphatic carbocycles. The van der Waals surface area contributed by atoms with Crippen LogP contribution in [0, 0.1) is 6.92 Å². The molecule has 0 saturated carbocycles. The molecule has 44 heavy (non-hydrogen) atoms. The molecule has 2 amide bonds. The minimum Gasteiger partial charge on any atom is -0.325 e. The number of hydrogen-bond acceptors (Lipinski definition) is 6. The van der Waals surface area contributed by atoms with Gasteiger partial charge in [-0.15, -0.1) is 0 Å². The first-order valence-corrected chi connectivity index (χ1v) is 15.0. The first kappa shape index (κ1) is 30.6. The third-order valence-electron chi connectivity index (χ3n) is 7.95. The summed E-state index contributed by atoms with van der Waals surface area (Å²) in [4.78, 5) is 45.9. The summed E-state index contributed by atoms with van der Waals surface area (Å²) in [5.74, 6) is -1.26. The van der Waals surface area contributed by atoms with Crippen molar-refractivity contribution in [1.29, 1.82) is 0 Å². The van der Waals surface area contributed by atoms with Gasteiger partial charge in [-0.25, -0.2) is 0 Å². The SMILES string of the molecule is CCN(CC)CCCc1ccc(N=CC2C(=O)Nc3cc(C(=O)c4cccc(NC(=O)c5cc(C)nn5C)c4)ccc32)cc1. The van der Waals surface area contributed by atoms with Gasteiger partial charge in [0.25, 0.3) is 5.91 Å². The Morgan fingerprint density at radius 2 is 1.77 bits per heavy atom. The van der Waals surface area contributed by atoms with E-state index < -0.39 is 5.92 Å². The van der Waals surface area contributed by atoms with Crippen LogP contribution in [0.2, 0.25) is 0 Å². The Morgan fingerprint density at radius 1 is 1.02 bits per heavy atom. The number of nitrogens with zero attached hydrogens (tertiary/aromatic N) is 4. The van der Waals surface area contributed by atoms with Crippen molar-refractivity contribution in [3.63, 3.8) is 0 Å². The summed E-state index contributed by atoms with van der Waals surface area (Å²) in [6.45, 7) is 9.43. The highest BCUT2D eigenvalue weighted by molar-refractivity contribution is 6.15. The number of amides is 2. The predicted octanol–water partition coefficient (Wildman–Crippen LogP) is 5.92. The lowest BCUT2D eigenvalue weighted by Gasteiger charge is -2.17. The predicted molar refractivity (Wildman–Crippen MR) is 174 cm³/mol. The molecule has 226 valence electrons. The highest BCUT2D eigenvalue weighted by Crippen LogP contribution is 2.33. The number of rotatable bonds is 12. The van der Waals surface area contributed by atoms with Crippen molar-refractivity contribution in [2.75, 3.05) is 30.3 Å². The van der Waals surface area contributed by atoms with Crippen LogP contribution < -0.4 is 10.6 Å². The summed E-state index contributed by atoms with van der Waals surface area (Å²) in [6, 6.07) is 21.8. The summed E-state index contributed by atoms with van der Waals surface area (Å²) in [7, 11) is 1.71. The zero-order chi connectivity index (χ0) is 31.2. The summed E-state index contributed by atoms with van der Waals surface area (Å²) in [5.41, 5.74) is 5.94. The van der Waals surface area contributed by atoms with Crippen molar-refractivity contribution in [3.8, 4) is 0 Å². The van der Waals surface area contributed by atoms with Crippen LogP contribution in [0.1, 0.15) is 69.4 Å². The minimum atomic E-state index is -0.544. The van der Waals surface area contributed by atoms with Crippen LogP contribution in [0.25, 0.3) is 0 Å². The number of aliphatic imine (C=N–C) groups is 1. The van der Waals surface area contributed by atoms with E-state index in [2.05, 4.69) is 51.6 Å². The van der Waals surface area contributed by atoms with Gasteiger partial charge < -0.3 is 15.5 Å². The van der Waals surface area contributed by atoms with E-state index in [9.17, 15) is 14.4 Å². The second-order valence-corrected chi connectivity index (χ2v) is 11.0. The zero-order valence-corrected chi connectivity index (χ0v) is 25.6. The van der Waals surface area contributed by atoms with E-state index in [4.69, 9.17) is 0 Å². The number of nitrogens with one attached hydrogen (secondary N) is 2. The van der Waals surface area contributed by atoms with Crippen LogP contribution in [0.15, 0.2) is 77.8 Å². The molecule has 1 aromatic heterocycles. The topological polar surface area (TPSA) is 109 Å². The van der Waals surface area contributed by atoms with Crippen molar-refractivity contribution in [3.05, 3.63) is 106 Å². The molecule has 0 radical (unpaired) electrons. The maximum Gasteiger partial charge on any atom is 0.273 e. The number of benzene rings is 3. The Morgan fingerprint density at radius 3 is 2.48 bits per heavy atom. The zero-order valence-electron chi connectivity index (χ0n) is 25.6. The third-order valence-corrected chi connectivity index (χ3v) is 7.95. The van der Waals surface area contributed by atoms with E-state index in [1.54, 1.807) is 61.8 Å². The fourth-order valence-electron chi connectivity index (χ4n) is 5.46. The number of aromatic nitrogens is 2. The van der Waals surface area contributed by atoms with Gasteiger partial charge in [-0.05, 0) is 86.9 Å². The molecule has 0 saturated heterocycles. The van der Waals surface area contributed by atoms with E-state index in [1.807, 2.05) is 19.1 Å². The average molecular weight is 591 g/mol. The highest BCUT2D eigenvalue weighted by atomic mass is 16.2. The summed E-state index contributed by atoms with van der Waals surface area (Å²) < 4.78 is 1.52. The molecule has 0 bridgehead atoms. The fraction of sp³-hybridized carbons (Fsp3) is 0.286. The first-order chi connectivity index (χ1) is 21.2. The Bertz CT molecular complexity index is 1700. The fourth-order valence-corrected chi connectivity index (χ4v) is 5.46. The van der Waals surface area contributed by atoms with Crippen molar-refractivity contribution >= 4 is 40.9 Å². The molecule has 3 aromatic carbocycles. The second-order valence-electron chi connectivity index (χ2n) is 11.0. The third kappa shape index (κ3) is 7.01. The van der Waals surface area contributed by atoms with Crippen LogP contribution >= 0.6 is 0 Å². The van der Waals surface area contributed by atoms with Gasteiger partial charge in [0, 0.05) is 35.8 Å². The molecule has 2 heterocycles. The number of aryl methyl sites for hydroxylation is 3. The normalized spacial score (nSPS) is 14.2. The lowest BCUT2D eigenvalue weighted by atomic mass is 9.97. The van der Waals surface area contributed by atoms with Gasteiger partial charge in [0.05, 0.1) is 11.4 Å². The molecule has 1 atom stereocenters. The van der Waals surface area contributed by atoms with Crippen molar-refractivity contribution in [2.24, 2.45) is 12.0 Å². The van der Waals surface area contributed by atoms with E-state index in [1.165, 1.54) is 10.2 Å². The number of fused-ring (bicyclic) bond motifs is 1. The molecule has 5 rings (SSSR count). The number of carbonyl (C=O) groups excluding carboxylic acids is 3. The van der Waals surface area contributed by atoms with Crippen LogP contribution in [-0.4, -0.2) is 58.1 Å². The maximum absolute atomic E-state index is 13.4. The minimum absolute atomic E-state index is 0.184. The van der Waals surface area contributed by atoms with Crippen LogP contribution in [0.3, 0.4) is 0 Å². The maximum atomic E-state index is 13.4. The Labute approximate surface area is 258 Å². The summed E-state index contributed by atoms with van der Waals surface area (Å²) >= 11 is 0. The van der Waals surface area contributed by atoms with Gasteiger partial charge >= 0.3 is 0 Å². The van der Waals surface area contributed by atoms with E-state index in [0.29, 0.717) is 28.2 Å². The Kier molecular flexibility index (Phi) is 9.45. The molecule has 0 fully saturated rings. The number of anilines is 2. The average Bonchev–Trinajstić information content (AvgIpc) is 3.54. The Hall–Kier alpha value is -4.89. The summed E-state index contributed by atoms with van der Waals surface area (Å²) in [5, 5.41) is 9.94. The largest absolute Gasteiger partial charge is 0.325 e. The first-order valence-electron chi connectivity index (χ1n) is 15.0. The molecule has 4 aromatic rings. The lowest BCUT2D eigenvalue weighted by molar-refractivity contribution is -0.115. The van der Waals surface area contributed by atoms with Gasteiger partial charge in [0.1, 0.15) is 11.6 Å². The van der Waals surface area contributed by atoms with Gasteiger partial charge in [-0.3, -0.25) is 24.1 Å². The van der Waals surface area contributed by atoms with Gasteiger partial charge in [-0.1, -0.05) is 50.2 Å². The highest BCUT2D eigenvalue weighted by Gasteiger charge is 2.30. The monoisotopic (exact) mass is 590 g/mol. The quantitative estimate of drug-likeness (QED) is 0.157. The van der Waals surface area contributed by atoms with Gasteiger partial charge in [0.15, 0.2) is 5.78 Å². The Balaban J connectivity index is 1.23. The lowest BCUT2D eigenvalue weighted by Crippen LogP contribution is -2.24. The number of carbonyl (C=O) groups is 3. The molecule has 9 heteroatoms. The summed E-state index contributed by atoms with van der Waals surface area (Å²) in [6.07, 6.45) is 3.79. The molecule has 1 aliphatic rings. The molecular weight excluding hydrogens is 552 g/mol. The van der Waals surface area contributed by atoms with Gasteiger partial charge in [0.2, 0.25) is 5.91 Å². The molecule has 0 spiro atoms. The molecule has 2 N–H and O–H groups in total. The number of ketones is 1. The van der Waals surface area contributed by atoms with Crippen molar-refractivity contribution in [2.45, 2.75) is 39.5 Å². The molecule has 9 nitrogen and oxygen atoms in total. The smallest absolute Gasteiger partial charge is 0.273 e. The molecule has 1 aliphatic heterocycles. The van der Waals surface area contributed by atoms with Crippen molar-refractivity contribution < 1.29 is 14.4 Å². The van der Waals surface area contributed by atoms with E-state index in [-0.39, 0.29) is 17.6 Å². The number of hydrogen-bond donors (Lipinski definition) is 2. The van der Waals surface area contributed by atoms with Crippen molar-refractivity contribution in [1.82, 2.24) is 14.7 Å². The van der Waals surface area contributed by atoms with Gasteiger partial charge in [-0.2, -0.15) is 5.10 Å². The molecule has 1 unspecified atom stereocenters. The van der Waals surface area contributed by atoms with E-state index >= 15 is 0 Å². The van der Waals surface area contributed by atoms with Crippen LogP contribution in [0.4, 0.5) is 17.1 Å². The van der Waals surface area contributed by atoms with Crippen LogP contribution in [-0.2, 0) is 18.3 Å².